The minimum atomic E-state index is 0.586. The van der Waals surface area contributed by atoms with E-state index in [0.717, 1.165) is 25.3 Å². The van der Waals surface area contributed by atoms with Crippen molar-refractivity contribution >= 4 is 0 Å². The summed E-state index contributed by atoms with van der Waals surface area (Å²) >= 11 is 0. The molecule has 1 aromatic rings. The van der Waals surface area contributed by atoms with Crippen LogP contribution < -0.4 is 10.1 Å². The topological polar surface area (TPSA) is 49.9 Å². The Kier molecular flexibility index (Phi) is 5.93. The second kappa shape index (κ2) is 7.28. The summed E-state index contributed by atoms with van der Waals surface area (Å²) in [6, 6.07) is 2.50. The van der Waals surface area contributed by atoms with Crippen molar-refractivity contribution in [1.82, 2.24) is 15.5 Å². The predicted molar refractivity (Wildman–Crippen MR) is 65.8 cm³/mol. The smallest absolute Gasteiger partial charge is 0.232 e. The van der Waals surface area contributed by atoms with E-state index in [9.17, 15) is 0 Å². The fraction of sp³-hybridized carbons (Fsp3) is 0.750. The van der Waals surface area contributed by atoms with Crippen LogP contribution in [0.25, 0.3) is 0 Å². The van der Waals surface area contributed by atoms with E-state index >= 15 is 0 Å². The Morgan fingerprint density at radius 2 is 2.19 bits per heavy atom. The molecule has 1 rings (SSSR count). The van der Waals surface area contributed by atoms with Gasteiger partial charge in [0.25, 0.3) is 0 Å². The second-order valence-electron chi connectivity index (χ2n) is 4.41. The van der Waals surface area contributed by atoms with E-state index in [1.54, 1.807) is 0 Å². The average molecular weight is 225 g/mol. The van der Waals surface area contributed by atoms with Crippen LogP contribution in [0.5, 0.6) is 5.88 Å². The molecule has 0 radical (unpaired) electrons. The Bertz CT molecular complexity index is 284. The fourth-order valence-electron chi connectivity index (χ4n) is 1.44. The van der Waals surface area contributed by atoms with Gasteiger partial charge in [-0.2, -0.15) is 0 Å². The summed E-state index contributed by atoms with van der Waals surface area (Å²) < 4.78 is 5.49. The number of ether oxygens (including phenoxy) is 1. The van der Waals surface area contributed by atoms with Crippen LogP contribution in [-0.4, -0.2) is 29.4 Å². The maximum Gasteiger partial charge on any atom is 0.232 e. The van der Waals surface area contributed by atoms with Crippen molar-refractivity contribution in [2.45, 2.75) is 46.1 Å². The van der Waals surface area contributed by atoms with Crippen LogP contribution in [0.15, 0.2) is 6.07 Å². The van der Waals surface area contributed by atoms with Gasteiger partial charge < -0.3 is 10.1 Å². The van der Waals surface area contributed by atoms with Gasteiger partial charge in [0.1, 0.15) is 0 Å². The highest BCUT2D eigenvalue weighted by atomic mass is 16.5. The number of aromatic nitrogens is 2. The van der Waals surface area contributed by atoms with Crippen molar-refractivity contribution < 1.29 is 4.74 Å². The Morgan fingerprint density at radius 1 is 1.38 bits per heavy atom. The summed E-state index contributed by atoms with van der Waals surface area (Å²) in [6.45, 7) is 8.16. The number of nitrogens with zero attached hydrogens (tertiary/aromatic N) is 1. The first kappa shape index (κ1) is 13.0. The normalized spacial score (nSPS) is 11.0. The highest BCUT2D eigenvalue weighted by Gasteiger charge is 1.97. The molecule has 0 saturated carbocycles. The fourth-order valence-corrected chi connectivity index (χ4v) is 1.44. The number of nitrogens with one attached hydrogen (secondary N) is 2. The molecule has 0 bridgehead atoms. The van der Waals surface area contributed by atoms with E-state index in [0.29, 0.717) is 11.9 Å². The SMILES string of the molecule is Cc1cc(OCCCCCNC(C)C)n[nH]1. The molecule has 1 aromatic heterocycles. The zero-order chi connectivity index (χ0) is 11.8. The number of unbranched alkanes of at least 4 members (excludes halogenated alkanes) is 2. The maximum atomic E-state index is 5.49. The zero-order valence-corrected chi connectivity index (χ0v) is 10.5. The van der Waals surface area contributed by atoms with Crippen molar-refractivity contribution in [3.05, 3.63) is 11.8 Å². The van der Waals surface area contributed by atoms with E-state index in [2.05, 4.69) is 29.4 Å². The zero-order valence-electron chi connectivity index (χ0n) is 10.5. The van der Waals surface area contributed by atoms with Crippen molar-refractivity contribution in [1.29, 1.82) is 0 Å². The lowest BCUT2D eigenvalue weighted by Gasteiger charge is -2.07. The molecule has 0 aliphatic heterocycles. The van der Waals surface area contributed by atoms with Crippen LogP contribution >= 0.6 is 0 Å². The number of aryl methyl sites for hydroxylation is 1. The van der Waals surface area contributed by atoms with Gasteiger partial charge in [-0.3, -0.25) is 5.10 Å². The van der Waals surface area contributed by atoms with Gasteiger partial charge in [-0.25, -0.2) is 0 Å². The van der Waals surface area contributed by atoms with Crippen LogP contribution in [0.3, 0.4) is 0 Å². The van der Waals surface area contributed by atoms with Crippen LogP contribution in [0.4, 0.5) is 0 Å². The van der Waals surface area contributed by atoms with Gasteiger partial charge in [-0.15, -0.1) is 5.10 Å². The molecule has 0 fully saturated rings. The second-order valence-corrected chi connectivity index (χ2v) is 4.41. The highest BCUT2D eigenvalue weighted by molar-refractivity contribution is 5.11. The summed E-state index contributed by atoms with van der Waals surface area (Å²) in [5.74, 6) is 0.706. The summed E-state index contributed by atoms with van der Waals surface area (Å²) in [5.41, 5.74) is 1.04. The van der Waals surface area contributed by atoms with Crippen LogP contribution in [0, 0.1) is 6.92 Å². The summed E-state index contributed by atoms with van der Waals surface area (Å²) in [4.78, 5) is 0. The first-order valence-electron chi connectivity index (χ1n) is 6.06. The maximum absolute atomic E-state index is 5.49. The minimum absolute atomic E-state index is 0.586. The van der Waals surface area contributed by atoms with Crippen molar-refractivity contribution in [2.75, 3.05) is 13.2 Å². The molecular weight excluding hydrogens is 202 g/mol. The molecule has 0 aliphatic carbocycles. The number of aromatic amines is 1. The molecule has 16 heavy (non-hydrogen) atoms. The van der Waals surface area contributed by atoms with E-state index in [-0.39, 0.29) is 0 Å². The van der Waals surface area contributed by atoms with Gasteiger partial charge in [0, 0.05) is 17.8 Å². The van der Waals surface area contributed by atoms with Crippen molar-refractivity contribution in [2.24, 2.45) is 0 Å². The predicted octanol–water partition coefficient (Wildman–Crippen LogP) is 2.27. The van der Waals surface area contributed by atoms with E-state index < -0.39 is 0 Å². The first-order chi connectivity index (χ1) is 7.68. The number of hydrogen-bond donors (Lipinski definition) is 2. The standard InChI is InChI=1S/C12H23N3O/c1-10(2)13-7-5-4-6-8-16-12-9-11(3)14-15-12/h9-10,13H,4-8H2,1-3H3,(H,14,15). The molecule has 0 amide bonds. The van der Waals surface area contributed by atoms with Crippen LogP contribution in [0.1, 0.15) is 38.8 Å². The molecule has 4 heteroatoms. The Morgan fingerprint density at radius 3 is 2.81 bits per heavy atom. The number of hydrogen-bond acceptors (Lipinski definition) is 3. The van der Waals surface area contributed by atoms with E-state index in [4.69, 9.17) is 4.74 Å². The molecule has 0 atom stereocenters. The Labute approximate surface area is 97.8 Å². The van der Waals surface area contributed by atoms with Gasteiger partial charge in [0.05, 0.1) is 6.61 Å². The van der Waals surface area contributed by atoms with Gasteiger partial charge >= 0.3 is 0 Å². The first-order valence-corrected chi connectivity index (χ1v) is 6.06. The highest BCUT2D eigenvalue weighted by Crippen LogP contribution is 2.07. The Balaban J connectivity index is 1.92. The van der Waals surface area contributed by atoms with Gasteiger partial charge in [0.15, 0.2) is 0 Å². The minimum Gasteiger partial charge on any atom is -0.477 e. The third-order valence-corrected chi connectivity index (χ3v) is 2.31. The molecule has 0 saturated heterocycles. The largest absolute Gasteiger partial charge is 0.477 e. The summed E-state index contributed by atoms with van der Waals surface area (Å²) in [6.07, 6.45) is 3.50. The third kappa shape index (κ3) is 5.75. The molecule has 92 valence electrons. The number of rotatable bonds is 8. The van der Waals surface area contributed by atoms with Gasteiger partial charge in [-0.1, -0.05) is 13.8 Å². The van der Waals surface area contributed by atoms with E-state index in [1.807, 2.05) is 13.0 Å². The van der Waals surface area contributed by atoms with Crippen molar-refractivity contribution in [3.63, 3.8) is 0 Å². The molecule has 0 spiro atoms. The molecule has 0 aromatic carbocycles. The molecule has 4 nitrogen and oxygen atoms in total. The van der Waals surface area contributed by atoms with Crippen LogP contribution in [-0.2, 0) is 0 Å². The molecule has 2 N–H and O–H groups in total. The van der Waals surface area contributed by atoms with Crippen LogP contribution in [0.2, 0.25) is 0 Å². The third-order valence-electron chi connectivity index (χ3n) is 2.31. The van der Waals surface area contributed by atoms with Gasteiger partial charge in [-0.05, 0) is 32.7 Å². The lowest BCUT2D eigenvalue weighted by atomic mass is 10.2. The quantitative estimate of drug-likeness (QED) is 0.667. The molecule has 1 heterocycles. The van der Waals surface area contributed by atoms with Gasteiger partial charge in [0.2, 0.25) is 5.88 Å². The lowest BCUT2D eigenvalue weighted by molar-refractivity contribution is 0.293. The lowest BCUT2D eigenvalue weighted by Crippen LogP contribution is -2.23. The monoisotopic (exact) mass is 225 g/mol. The average Bonchev–Trinajstić information content (AvgIpc) is 2.62. The molecule has 0 unspecified atom stereocenters. The summed E-state index contributed by atoms with van der Waals surface area (Å²) in [5, 5.41) is 10.3. The molecule has 0 aliphatic rings. The summed E-state index contributed by atoms with van der Waals surface area (Å²) in [7, 11) is 0. The Hall–Kier alpha value is -1.03. The molecular formula is C12H23N3O. The van der Waals surface area contributed by atoms with E-state index in [1.165, 1.54) is 12.8 Å². The van der Waals surface area contributed by atoms with Crippen molar-refractivity contribution in [3.8, 4) is 5.88 Å². The number of H-pyrrole nitrogens is 1.